The van der Waals surface area contributed by atoms with Crippen LogP contribution < -0.4 is 5.69 Å². The fourth-order valence-electron chi connectivity index (χ4n) is 1.66. The van der Waals surface area contributed by atoms with Crippen LogP contribution in [0.15, 0.2) is 4.79 Å². The van der Waals surface area contributed by atoms with Gasteiger partial charge in [0, 0.05) is 33.2 Å². The zero-order valence-electron chi connectivity index (χ0n) is 9.43. The van der Waals surface area contributed by atoms with Gasteiger partial charge in [-0.05, 0) is 7.05 Å². The van der Waals surface area contributed by atoms with E-state index in [4.69, 9.17) is 0 Å². The second-order valence-corrected chi connectivity index (χ2v) is 4.00. The highest BCUT2D eigenvalue weighted by molar-refractivity contribution is 5.90. The highest BCUT2D eigenvalue weighted by atomic mass is 16.2. The van der Waals surface area contributed by atoms with Gasteiger partial charge in [0.15, 0.2) is 0 Å². The normalized spacial score (nSPS) is 17.8. The van der Waals surface area contributed by atoms with Crippen LogP contribution in [0.3, 0.4) is 0 Å². The third-order valence-electron chi connectivity index (χ3n) is 2.76. The highest BCUT2D eigenvalue weighted by Gasteiger charge is 2.23. The summed E-state index contributed by atoms with van der Waals surface area (Å²) in [5.41, 5.74) is -0.363. The van der Waals surface area contributed by atoms with E-state index >= 15 is 0 Å². The monoisotopic (exact) mass is 225 g/mol. The van der Waals surface area contributed by atoms with E-state index < -0.39 is 0 Å². The molecule has 88 valence electrons. The zero-order chi connectivity index (χ0) is 11.7. The number of rotatable bonds is 1. The molecule has 0 saturated carbocycles. The molecule has 1 saturated heterocycles. The van der Waals surface area contributed by atoms with E-state index in [1.807, 2.05) is 7.05 Å². The van der Waals surface area contributed by atoms with Crippen LogP contribution in [0.2, 0.25) is 0 Å². The van der Waals surface area contributed by atoms with E-state index in [9.17, 15) is 9.59 Å². The maximum Gasteiger partial charge on any atom is 0.343 e. The number of carbonyl (C=O) groups is 1. The topological polar surface area (TPSA) is 74.2 Å². The van der Waals surface area contributed by atoms with Gasteiger partial charge < -0.3 is 9.80 Å². The first-order valence-corrected chi connectivity index (χ1v) is 5.19. The molecule has 1 aromatic heterocycles. The Labute approximate surface area is 92.6 Å². The van der Waals surface area contributed by atoms with E-state index in [1.54, 1.807) is 4.90 Å². The van der Waals surface area contributed by atoms with Crippen LogP contribution in [-0.4, -0.2) is 63.7 Å². The number of hydrogen-bond donors (Lipinski definition) is 1. The van der Waals surface area contributed by atoms with Gasteiger partial charge in [-0.2, -0.15) is 0 Å². The number of H-pyrrole nitrogens is 1. The van der Waals surface area contributed by atoms with Crippen LogP contribution in [0, 0.1) is 0 Å². The molecule has 0 aromatic carbocycles. The molecule has 1 aromatic rings. The van der Waals surface area contributed by atoms with Gasteiger partial charge >= 0.3 is 5.69 Å². The Morgan fingerprint density at radius 3 is 2.38 bits per heavy atom. The van der Waals surface area contributed by atoms with Crippen molar-refractivity contribution in [3.8, 4) is 0 Å². The van der Waals surface area contributed by atoms with Gasteiger partial charge in [-0.25, -0.2) is 9.48 Å². The summed E-state index contributed by atoms with van der Waals surface area (Å²) in [7, 11) is 3.53. The second-order valence-electron chi connectivity index (χ2n) is 4.00. The maximum absolute atomic E-state index is 11.9. The van der Waals surface area contributed by atoms with Gasteiger partial charge in [-0.15, -0.1) is 5.10 Å². The molecule has 7 nitrogen and oxygen atoms in total. The SMILES string of the molecule is CN1CCN(C(=O)c2nn(C)c(=O)[nH]2)CC1. The lowest BCUT2D eigenvalue weighted by Crippen LogP contribution is -2.47. The fourth-order valence-corrected chi connectivity index (χ4v) is 1.66. The molecular weight excluding hydrogens is 210 g/mol. The molecule has 1 amide bonds. The Kier molecular flexibility index (Phi) is 2.78. The largest absolute Gasteiger partial charge is 0.343 e. The molecule has 1 aliphatic rings. The summed E-state index contributed by atoms with van der Waals surface area (Å²) in [6.07, 6.45) is 0. The lowest BCUT2D eigenvalue weighted by molar-refractivity contribution is 0.0651. The number of aryl methyl sites for hydroxylation is 1. The highest BCUT2D eigenvalue weighted by Crippen LogP contribution is 2.02. The summed E-state index contributed by atoms with van der Waals surface area (Å²) in [5.74, 6) is -0.0807. The molecule has 1 fully saturated rings. The van der Waals surface area contributed by atoms with Gasteiger partial charge in [0.05, 0.1) is 0 Å². The van der Waals surface area contributed by atoms with E-state index in [0.29, 0.717) is 13.1 Å². The second kappa shape index (κ2) is 4.09. The number of carbonyl (C=O) groups excluding carboxylic acids is 1. The summed E-state index contributed by atoms with van der Waals surface area (Å²) >= 11 is 0. The van der Waals surface area contributed by atoms with Crippen LogP contribution in [0.25, 0.3) is 0 Å². The number of nitrogens with zero attached hydrogens (tertiary/aromatic N) is 4. The van der Waals surface area contributed by atoms with Crippen molar-refractivity contribution in [3.63, 3.8) is 0 Å². The minimum absolute atomic E-state index is 0.122. The van der Waals surface area contributed by atoms with Gasteiger partial charge in [-0.3, -0.25) is 9.78 Å². The molecule has 1 aliphatic heterocycles. The Hall–Kier alpha value is -1.63. The van der Waals surface area contributed by atoms with Crippen LogP contribution in [0.5, 0.6) is 0 Å². The van der Waals surface area contributed by atoms with E-state index in [2.05, 4.69) is 15.0 Å². The van der Waals surface area contributed by atoms with Crippen molar-refractivity contribution in [1.82, 2.24) is 24.6 Å². The molecule has 0 unspecified atom stereocenters. The third kappa shape index (κ3) is 1.99. The zero-order valence-corrected chi connectivity index (χ0v) is 9.43. The summed E-state index contributed by atoms with van der Waals surface area (Å²) in [6.45, 7) is 3.05. The molecule has 0 radical (unpaired) electrons. The molecule has 1 N–H and O–H groups in total. The first-order chi connectivity index (χ1) is 7.58. The predicted molar refractivity (Wildman–Crippen MR) is 57.2 cm³/mol. The minimum atomic E-state index is -0.363. The van der Waals surface area contributed by atoms with Gasteiger partial charge in [0.1, 0.15) is 0 Å². The summed E-state index contributed by atoms with van der Waals surface area (Å²) in [4.78, 5) is 29.4. The van der Waals surface area contributed by atoms with Gasteiger partial charge in [-0.1, -0.05) is 0 Å². The number of aromatic amines is 1. The number of nitrogens with one attached hydrogen (secondary N) is 1. The Bertz CT molecular complexity index is 441. The van der Waals surface area contributed by atoms with E-state index in [0.717, 1.165) is 17.8 Å². The number of amides is 1. The van der Waals surface area contributed by atoms with Crippen LogP contribution in [-0.2, 0) is 7.05 Å². The molecule has 0 bridgehead atoms. The van der Waals surface area contributed by atoms with Gasteiger partial charge in [0.25, 0.3) is 5.91 Å². The van der Waals surface area contributed by atoms with Crippen LogP contribution in [0.1, 0.15) is 10.6 Å². The molecule has 0 spiro atoms. The number of aromatic nitrogens is 3. The molecule has 2 rings (SSSR count). The quantitative estimate of drug-likeness (QED) is 0.631. The third-order valence-corrected chi connectivity index (χ3v) is 2.76. The summed E-state index contributed by atoms with van der Waals surface area (Å²) in [6, 6.07) is 0. The van der Waals surface area contributed by atoms with E-state index in [1.165, 1.54) is 7.05 Å². The number of likely N-dealkylation sites (N-methyl/N-ethyl adjacent to an activating group) is 1. The fraction of sp³-hybridized carbons (Fsp3) is 0.667. The first kappa shape index (κ1) is 10.9. The van der Waals surface area contributed by atoms with Crippen molar-refractivity contribution >= 4 is 5.91 Å². The molecule has 0 aliphatic carbocycles. The average molecular weight is 225 g/mol. The van der Waals surface area contributed by atoms with Crippen molar-refractivity contribution in [2.24, 2.45) is 7.05 Å². The van der Waals surface area contributed by atoms with E-state index in [-0.39, 0.29) is 17.4 Å². The molecule has 16 heavy (non-hydrogen) atoms. The van der Waals surface area contributed by atoms with Crippen molar-refractivity contribution in [2.75, 3.05) is 33.2 Å². The van der Waals surface area contributed by atoms with Crippen molar-refractivity contribution < 1.29 is 4.79 Å². The van der Waals surface area contributed by atoms with Crippen LogP contribution in [0.4, 0.5) is 0 Å². The standard InChI is InChI=1S/C9H15N5O2/c1-12-3-5-14(6-4-12)8(15)7-10-9(16)13(2)11-7/h3-6H2,1-2H3,(H,10,11,16). The molecule has 0 atom stereocenters. The number of piperazine rings is 1. The van der Waals surface area contributed by atoms with Gasteiger partial charge in [0.2, 0.25) is 5.82 Å². The molecule has 7 heteroatoms. The minimum Gasteiger partial charge on any atom is -0.333 e. The lowest BCUT2D eigenvalue weighted by Gasteiger charge is -2.31. The predicted octanol–water partition coefficient (Wildman–Crippen LogP) is -1.50. The first-order valence-electron chi connectivity index (χ1n) is 5.19. The maximum atomic E-state index is 11.9. The molecular formula is C9H15N5O2. The Morgan fingerprint density at radius 2 is 1.88 bits per heavy atom. The molecule has 2 heterocycles. The van der Waals surface area contributed by atoms with Crippen molar-refractivity contribution in [2.45, 2.75) is 0 Å². The number of hydrogen-bond acceptors (Lipinski definition) is 4. The van der Waals surface area contributed by atoms with Crippen molar-refractivity contribution in [1.29, 1.82) is 0 Å². The Balaban J connectivity index is 2.10. The average Bonchev–Trinajstić information content (AvgIpc) is 2.59. The summed E-state index contributed by atoms with van der Waals surface area (Å²) in [5, 5.41) is 3.85. The smallest absolute Gasteiger partial charge is 0.333 e. The van der Waals surface area contributed by atoms with Crippen molar-refractivity contribution in [3.05, 3.63) is 16.3 Å². The van der Waals surface area contributed by atoms with Crippen LogP contribution >= 0.6 is 0 Å². The lowest BCUT2D eigenvalue weighted by atomic mass is 10.3. The summed E-state index contributed by atoms with van der Waals surface area (Å²) < 4.78 is 1.13. The Morgan fingerprint density at radius 1 is 1.25 bits per heavy atom.